The molecule has 5 heteroatoms. The van der Waals surface area contributed by atoms with Crippen molar-refractivity contribution in [3.8, 4) is 0 Å². The number of hydrogen-bond donors (Lipinski definition) is 2. The smallest absolute Gasteiger partial charge is 0.226 e. The van der Waals surface area contributed by atoms with E-state index in [-0.39, 0.29) is 42.6 Å². The van der Waals surface area contributed by atoms with Crippen LogP contribution in [0, 0.1) is 11.8 Å². The second-order valence-electron chi connectivity index (χ2n) is 4.77. The Balaban J connectivity index is 2.57. The standard InChI is InChI=1S/C12H23NO4/c1-7-8(2)17-9(3)11(7)12(15)13-10(5-14)6-16-4/h7-11,14H,5-6H2,1-4H3,(H,13,15). The lowest BCUT2D eigenvalue weighted by Gasteiger charge is -2.22. The largest absolute Gasteiger partial charge is 0.394 e. The third-order valence-electron chi connectivity index (χ3n) is 3.48. The van der Waals surface area contributed by atoms with Crippen LogP contribution in [0.3, 0.4) is 0 Å². The highest BCUT2D eigenvalue weighted by atomic mass is 16.5. The molecule has 5 unspecified atom stereocenters. The molecule has 1 aliphatic rings. The summed E-state index contributed by atoms with van der Waals surface area (Å²) in [6.45, 7) is 6.10. The fraction of sp³-hybridized carbons (Fsp3) is 0.917. The SMILES string of the molecule is COCC(CO)NC(=O)C1C(C)OC(C)C1C. The summed E-state index contributed by atoms with van der Waals surface area (Å²) >= 11 is 0. The Morgan fingerprint density at radius 1 is 1.41 bits per heavy atom. The number of nitrogens with one attached hydrogen (secondary N) is 1. The number of rotatable bonds is 5. The third kappa shape index (κ3) is 3.40. The van der Waals surface area contributed by atoms with Gasteiger partial charge in [-0.1, -0.05) is 6.92 Å². The van der Waals surface area contributed by atoms with Crippen molar-refractivity contribution in [2.75, 3.05) is 20.3 Å². The number of carbonyl (C=O) groups is 1. The van der Waals surface area contributed by atoms with Crippen LogP contribution in [0.4, 0.5) is 0 Å². The first kappa shape index (κ1) is 14.4. The maximum atomic E-state index is 12.1. The van der Waals surface area contributed by atoms with Gasteiger partial charge in [0.1, 0.15) is 0 Å². The molecular weight excluding hydrogens is 222 g/mol. The predicted molar refractivity (Wildman–Crippen MR) is 63.6 cm³/mol. The van der Waals surface area contributed by atoms with E-state index in [1.54, 1.807) is 7.11 Å². The summed E-state index contributed by atoms with van der Waals surface area (Å²) in [7, 11) is 1.54. The van der Waals surface area contributed by atoms with Gasteiger partial charge in [0, 0.05) is 7.11 Å². The number of aliphatic hydroxyl groups excluding tert-OH is 1. The van der Waals surface area contributed by atoms with Crippen molar-refractivity contribution >= 4 is 5.91 Å². The summed E-state index contributed by atoms with van der Waals surface area (Å²) in [4.78, 5) is 12.1. The number of aliphatic hydroxyl groups is 1. The molecule has 2 N–H and O–H groups in total. The summed E-state index contributed by atoms with van der Waals surface area (Å²) in [5.74, 6) is -0.0340. The zero-order chi connectivity index (χ0) is 13.0. The van der Waals surface area contributed by atoms with E-state index in [2.05, 4.69) is 5.32 Å². The van der Waals surface area contributed by atoms with Crippen LogP contribution >= 0.6 is 0 Å². The Hall–Kier alpha value is -0.650. The van der Waals surface area contributed by atoms with Crippen molar-refractivity contribution in [2.45, 2.75) is 39.0 Å². The second-order valence-corrected chi connectivity index (χ2v) is 4.77. The zero-order valence-corrected chi connectivity index (χ0v) is 11.0. The van der Waals surface area contributed by atoms with E-state index in [0.717, 1.165) is 0 Å². The maximum Gasteiger partial charge on any atom is 0.226 e. The van der Waals surface area contributed by atoms with E-state index < -0.39 is 0 Å². The monoisotopic (exact) mass is 245 g/mol. The van der Waals surface area contributed by atoms with Crippen LogP contribution in [0.2, 0.25) is 0 Å². The Kier molecular flexibility index (Phi) is 5.36. The van der Waals surface area contributed by atoms with Crippen LogP contribution in [-0.2, 0) is 14.3 Å². The van der Waals surface area contributed by atoms with Crippen LogP contribution in [0.25, 0.3) is 0 Å². The van der Waals surface area contributed by atoms with Crippen molar-refractivity contribution in [3.05, 3.63) is 0 Å². The third-order valence-corrected chi connectivity index (χ3v) is 3.48. The lowest BCUT2D eigenvalue weighted by molar-refractivity contribution is -0.128. The van der Waals surface area contributed by atoms with Gasteiger partial charge in [0.15, 0.2) is 0 Å². The molecular formula is C12H23NO4. The normalized spacial score (nSPS) is 34.6. The molecule has 0 spiro atoms. The van der Waals surface area contributed by atoms with Crippen LogP contribution < -0.4 is 5.32 Å². The lowest BCUT2D eigenvalue weighted by Crippen LogP contribution is -2.46. The molecule has 17 heavy (non-hydrogen) atoms. The summed E-state index contributed by atoms with van der Waals surface area (Å²) in [5.41, 5.74) is 0. The number of amides is 1. The summed E-state index contributed by atoms with van der Waals surface area (Å²) in [6, 6.07) is -0.345. The molecule has 5 nitrogen and oxygen atoms in total. The van der Waals surface area contributed by atoms with Crippen LogP contribution in [0.5, 0.6) is 0 Å². The predicted octanol–water partition coefficient (Wildman–Crippen LogP) is 0.169. The average molecular weight is 245 g/mol. The topological polar surface area (TPSA) is 67.8 Å². The highest BCUT2D eigenvalue weighted by molar-refractivity contribution is 5.80. The quantitative estimate of drug-likeness (QED) is 0.724. The molecule has 100 valence electrons. The van der Waals surface area contributed by atoms with Crippen LogP contribution in [0.1, 0.15) is 20.8 Å². The van der Waals surface area contributed by atoms with Gasteiger partial charge < -0.3 is 19.9 Å². The second kappa shape index (κ2) is 6.33. The van der Waals surface area contributed by atoms with Crippen molar-refractivity contribution in [3.63, 3.8) is 0 Å². The van der Waals surface area contributed by atoms with E-state index in [1.165, 1.54) is 0 Å². The molecule has 0 aromatic heterocycles. The summed E-state index contributed by atoms with van der Waals surface area (Å²) in [5, 5.41) is 11.9. The molecule has 1 aliphatic heterocycles. The molecule has 0 radical (unpaired) electrons. The molecule has 1 rings (SSSR count). The number of ether oxygens (including phenoxy) is 2. The average Bonchev–Trinajstić information content (AvgIpc) is 2.52. The van der Waals surface area contributed by atoms with Crippen molar-refractivity contribution in [1.82, 2.24) is 5.32 Å². The Morgan fingerprint density at radius 3 is 2.47 bits per heavy atom. The van der Waals surface area contributed by atoms with Crippen molar-refractivity contribution < 1.29 is 19.4 Å². The van der Waals surface area contributed by atoms with Gasteiger partial charge in [0.05, 0.1) is 37.4 Å². The first-order valence-electron chi connectivity index (χ1n) is 6.06. The highest BCUT2D eigenvalue weighted by Gasteiger charge is 2.41. The number of hydrogen-bond acceptors (Lipinski definition) is 4. The van der Waals surface area contributed by atoms with Gasteiger partial charge in [0.2, 0.25) is 5.91 Å². The molecule has 0 aliphatic carbocycles. The van der Waals surface area contributed by atoms with E-state index >= 15 is 0 Å². The van der Waals surface area contributed by atoms with Gasteiger partial charge >= 0.3 is 0 Å². The molecule has 0 saturated carbocycles. The van der Waals surface area contributed by atoms with Crippen LogP contribution in [-0.4, -0.2) is 49.6 Å². The van der Waals surface area contributed by atoms with Gasteiger partial charge in [-0.05, 0) is 19.8 Å². The van der Waals surface area contributed by atoms with Crippen molar-refractivity contribution in [2.24, 2.45) is 11.8 Å². The molecule has 1 fully saturated rings. The minimum Gasteiger partial charge on any atom is -0.394 e. The first-order chi connectivity index (χ1) is 8.01. The minimum absolute atomic E-state index is 0.0644. The minimum atomic E-state index is -0.345. The molecule has 1 heterocycles. The van der Waals surface area contributed by atoms with Gasteiger partial charge in [-0.3, -0.25) is 4.79 Å². The maximum absolute atomic E-state index is 12.1. The number of carbonyl (C=O) groups excluding carboxylic acids is 1. The fourth-order valence-electron chi connectivity index (χ4n) is 2.36. The summed E-state index contributed by atoms with van der Waals surface area (Å²) < 4.78 is 10.6. The molecule has 0 aromatic rings. The fourth-order valence-corrected chi connectivity index (χ4v) is 2.36. The van der Waals surface area contributed by atoms with Gasteiger partial charge in [-0.15, -0.1) is 0 Å². The molecule has 1 saturated heterocycles. The van der Waals surface area contributed by atoms with E-state index in [9.17, 15) is 4.79 Å². The molecule has 1 amide bonds. The Morgan fingerprint density at radius 2 is 2.06 bits per heavy atom. The van der Waals surface area contributed by atoms with E-state index in [0.29, 0.717) is 6.61 Å². The molecule has 0 bridgehead atoms. The van der Waals surface area contributed by atoms with Crippen molar-refractivity contribution in [1.29, 1.82) is 0 Å². The van der Waals surface area contributed by atoms with Gasteiger partial charge in [0.25, 0.3) is 0 Å². The molecule has 0 aromatic carbocycles. The molecule has 5 atom stereocenters. The Bertz CT molecular complexity index is 259. The highest BCUT2D eigenvalue weighted by Crippen LogP contribution is 2.32. The Labute approximate surface area is 102 Å². The summed E-state index contributed by atoms with van der Waals surface area (Å²) in [6.07, 6.45) is 0.0117. The number of methoxy groups -OCH3 is 1. The van der Waals surface area contributed by atoms with Gasteiger partial charge in [-0.25, -0.2) is 0 Å². The van der Waals surface area contributed by atoms with Crippen LogP contribution in [0.15, 0.2) is 0 Å². The lowest BCUT2D eigenvalue weighted by atomic mass is 9.88. The van der Waals surface area contributed by atoms with Gasteiger partial charge in [-0.2, -0.15) is 0 Å². The van der Waals surface area contributed by atoms with E-state index in [1.807, 2.05) is 20.8 Å². The van der Waals surface area contributed by atoms with E-state index in [4.69, 9.17) is 14.6 Å². The first-order valence-corrected chi connectivity index (χ1v) is 6.06. The zero-order valence-electron chi connectivity index (χ0n) is 11.0.